The molecule has 1 atom stereocenters. The van der Waals surface area contributed by atoms with Gasteiger partial charge in [-0.05, 0) is 43.9 Å². The zero-order chi connectivity index (χ0) is 16.2. The predicted octanol–water partition coefficient (Wildman–Crippen LogP) is 3.34. The molecule has 0 N–H and O–H groups in total. The molecule has 0 aliphatic carbocycles. The summed E-state index contributed by atoms with van der Waals surface area (Å²) in [6, 6.07) is 5.88. The van der Waals surface area contributed by atoms with Gasteiger partial charge in [-0.1, -0.05) is 26.8 Å². The number of aromatic nitrogens is 1. The van der Waals surface area contributed by atoms with E-state index in [0.717, 1.165) is 25.5 Å². The molecule has 4 nitrogen and oxygen atoms in total. The summed E-state index contributed by atoms with van der Waals surface area (Å²) in [6.07, 6.45) is 4.79. The molecular weight excluding hydrogens is 274 g/mol. The highest BCUT2D eigenvalue weighted by molar-refractivity contribution is 5.92. The number of amides is 1. The van der Waals surface area contributed by atoms with Gasteiger partial charge in [0.05, 0.1) is 0 Å². The van der Waals surface area contributed by atoms with Gasteiger partial charge in [0.25, 0.3) is 0 Å². The van der Waals surface area contributed by atoms with E-state index in [1.807, 2.05) is 30.0 Å². The maximum Gasteiger partial charge on any atom is 0.228 e. The van der Waals surface area contributed by atoms with Crippen LogP contribution in [-0.2, 0) is 4.79 Å². The van der Waals surface area contributed by atoms with Crippen LogP contribution in [0, 0.1) is 5.41 Å². The van der Waals surface area contributed by atoms with Crippen LogP contribution in [0.25, 0.3) is 0 Å². The first-order valence-corrected chi connectivity index (χ1v) is 8.38. The Balaban J connectivity index is 2.09. The number of hydrogen-bond acceptors (Lipinski definition) is 3. The van der Waals surface area contributed by atoms with E-state index in [9.17, 15) is 4.79 Å². The molecule has 22 heavy (non-hydrogen) atoms. The molecule has 0 radical (unpaired) electrons. The molecule has 0 aromatic carbocycles. The summed E-state index contributed by atoms with van der Waals surface area (Å²) in [5.74, 6) is 0.903. The zero-order valence-corrected chi connectivity index (χ0v) is 14.4. The number of carbonyl (C=O) groups is 1. The largest absolute Gasteiger partial charge is 0.301 e. The van der Waals surface area contributed by atoms with Crippen molar-refractivity contribution < 1.29 is 4.79 Å². The molecule has 2 heterocycles. The van der Waals surface area contributed by atoms with E-state index in [-0.39, 0.29) is 11.9 Å². The molecule has 1 aromatic rings. The fourth-order valence-electron chi connectivity index (χ4n) is 3.42. The van der Waals surface area contributed by atoms with Gasteiger partial charge in [0, 0.05) is 31.7 Å². The lowest BCUT2D eigenvalue weighted by molar-refractivity contribution is -0.118. The van der Waals surface area contributed by atoms with Crippen molar-refractivity contribution in [2.24, 2.45) is 5.41 Å². The van der Waals surface area contributed by atoms with Crippen LogP contribution in [0.4, 0.5) is 5.82 Å². The summed E-state index contributed by atoms with van der Waals surface area (Å²) < 4.78 is 0. The molecule has 1 amide bonds. The molecule has 1 saturated heterocycles. The predicted molar refractivity (Wildman–Crippen MR) is 90.9 cm³/mol. The van der Waals surface area contributed by atoms with E-state index >= 15 is 0 Å². The molecule has 122 valence electrons. The van der Waals surface area contributed by atoms with Crippen LogP contribution in [0.3, 0.4) is 0 Å². The number of rotatable bonds is 5. The van der Waals surface area contributed by atoms with E-state index in [1.54, 1.807) is 6.20 Å². The van der Waals surface area contributed by atoms with Gasteiger partial charge in [-0.2, -0.15) is 0 Å². The molecule has 2 rings (SSSR count). The Morgan fingerprint density at radius 2 is 2.23 bits per heavy atom. The topological polar surface area (TPSA) is 36.4 Å². The van der Waals surface area contributed by atoms with Crippen molar-refractivity contribution in [2.75, 3.05) is 24.5 Å². The van der Waals surface area contributed by atoms with Crippen LogP contribution in [0.15, 0.2) is 24.4 Å². The number of piperidine rings is 1. The number of pyridine rings is 1. The summed E-state index contributed by atoms with van der Waals surface area (Å²) in [4.78, 5) is 21.1. The Labute approximate surface area is 134 Å². The summed E-state index contributed by atoms with van der Waals surface area (Å²) in [6.45, 7) is 11.8. The lowest BCUT2D eigenvalue weighted by Crippen LogP contribution is -2.49. The summed E-state index contributed by atoms with van der Waals surface area (Å²) >= 11 is 0. The molecule has 0 saturated carbocycles. The van der Waals surface area contributed by atoms with E-state index in [0.29, 0.717) is 11.8 Å². The van der Waals surface area contributed by atoms with Gasteiger partial charge in [0.15, 0.2) is 0 Å². The highest BCUT2D eigenvalue weighted by Gasteiger charge is 2.29. The van der Waals surface area contributed by atoms with Gasteiger partial charge in [0.2, 0.25) is 5.91 Å². The molecule has 1 aromatic heterocycles. The van der Waals surface area contributed by atoms with Crippen molar-refractivity contribution in [1.29, 1.82) is 0 Å². The third kappa shape index (κ3) is 4.29. The summed E-state index contributed by atoms with van der Waals surface area (Å²) in [5, 5.41) is 0. The fraction of sp³-hybridized carbons (Fsp3) is 0.667. The average Bonchev–Trinajstić information content (AvgIpc) is 2.47. The summed E-state index contributed by atoms with van der Waals surface area (Å²) in [7, 11) is 0. The third-order valence-electron chi connectivity index (χ3n) is 4.41. The Hall–Kier alpha value is -1.42. The van der Waals surface area contributed by atoms with Gasteiger partial charge in [-0.15, -0.1) is 0 Å². The first-order chi connectivity index (χ1) is 10.4. The Morgan fingerprint density at radius 3 is 2.82 bits per heavy atom. The van der Waals surface area contributed by atoms with Crippen LogP contribution in [0.2, 0.25) is 0 Å². The van der Waals surface area contributed by atoms with Crippen molar-refractivity contribution in [3.05, 3.63) is 24.4 Å². The molecule has 1 fully saturated rings. The second-order valence-electron chi connectivity index (χ2n) is 7.16. The second-order valence-corrected chi connectivity index (χ2v) is 7.16. The first kappa shape index (κ1) is 16.9. The van der Waals surface area contributed by atoms with Gasteiger partial charge in [0.1, 0.15) is 5.82 Å². The van der Waals surface area contributed by atoms with Crippen LogP contribution < -0.4 is 4.90 Å². The van der Waals surface area contributed by atoms with E-state index in [4.69, 9.17) is 0 Å². The molecule has 0 bridgehead atoms. The smallest absolute Gasteiger partial charge is 0.228 e. The van der Waals surface area contributed by atoms with Crippen molar-refractivity contribution >= 4 is 11.7 Å². The minimum Gasteiger partial charge on any atom is -0.301 e. The standard InChI is InChI=1S/C18H29N3O/c1-5-17(22)21(16-9-6-7-11-19-16)15(2)13-20-12-8-10-18(3,4)14-20/h6-7,9,11,15H,5,8,10,12-14H2,1-4H3/t15-/m0/s1. The van der Waals surface area contributed by atoms with Crippen LogP contribution in [0.1, 0.15) is 47.0 Å². The minimum absolute atomic E-state index is 0.135. The third-order valence-corrected chi connectivity index (χ3v) is 4.41. The van der Waals surface area contributed by atoms with Crippen molar-refractivity contribution in [3.63, 3.8) is 0 Å². The quantitative estimate of drug-likeness (QED) is 0.837. The highest BCUT2D eigenvalue weighted by atomic mass is 16.2. The zero-order valence-electron chi connectivity index (χ0n) is 14.4. The maximum absolute atomic E-state index is 12.4. The number of carbonyl (C=O) groups excluding carboxylic acids is 1. The van der Waals surface area contributed by atoms with Crippen molar-refractivity contribution in [1.82, 2.24) is 9.88 Å². The first-order valence-electron chi connectivity index (χ1n) is 8.38. The minimum atomic E-state index is 0.135. The van der Waals surface area contributed by atoms with Crippen LogP contribution >= 0.6 is 0 Å². The number of anilines is 1. The second kappa shape index (κ2) is 7.23. The van der Waals surface area contributed by atoms with Crippen molar-refractivity contribution in [3.8, 4) is 0 Å². The molecule has 1 aliphatic rings. The van der Waals surface area contributed by atoms with Crippen LogP contribution in [0.5, 0.6) is 0 Å². The van der Waals surface area contributed by atoms with Crippen LogP contribution in [-0.4, -0.2) is 41.5 Å². The van der Waals surface area contributed by atoms with Gasteiger partial charge in [-0.25, -0.2) is 4.98 Å². The monoisotopic (exact) mass is 303 g/mol. The lowest BCUT2D eigenvalue weighted by Gasteiger charge is -2.40. The van der Waals surface area contributed by atoms with E-state index in [2.05, 4.69) is 30.7 Å². The fourth-order valence-corrected chi connectivity index (χ4v) is 3.42. The maximum atomic E-state index is 12.4. The lowest BCUT2D eigenvalue weighted by atomic mass is 9.84. The Morgan fingerprint density at radius 1 is 1.45 bits per heavy atom. The number of hydrogen-bond donors (Lipinski definition) is 0. The van der Waals surface area contributed by atoms with Gasteiger partial charge >= 0.3 is 0 Å². The molecular formula is C18H29N3O. The number of nitrogens with zero attached hydrogens (tertiary/aromatic N) is 3. The number of likely N-dealkylation sites (tertiary alicyclic amines) is 1. The Kier molecular flexibility index (Phi) is 5.57. The SMILES string of the molecule is CCC(=O)N(c1ccccn1)[C@@H](C)CN1CCCC(C)(C)C1. The molecule has 0 unspecified atom stereocenters. The molecule has 4 heteroatoms. The van der Waals surface area contributed by atoms with E-state index < -0.39 is 0 Å². The average molecular weight is 303 g/mol. The van der Waals surface area contributed by atoms with E-state index in [1.165, 1.54) is 12.8 Å². The highest BCUT2D eigenvalue weighted by Crippen LogP contribution is 2.29. The molecule has 1 aliphatic heterocycles. The van der Waals surface area contributed by atoms with Gasteiger partial charge in [-0.3, -0.25) is 9.69 Å². The summed E-state index contributed by atoms with van der Waals surface area (Å²) in [5.41, 5.74) is 0.378. The van der Waals surface area contributed by atoms with Gasteiger partial charge < -0.3 is 4.90 Å². The Bertz CT molecular complexity index is 486. The van der Waals surface area contributed by atoms with Crippen molar-refractivity contribution in [2.45, 2.75) is 53.0 Å². The molecule has 0 spiro atoms. The normalized spacial score (nSPS) is 19.6.